The topological polar surface area (TPSA) is 42.4 Å². The van der Waals surface area contributed by atoms with Crippen LogP contribution in [0.4, 0.5) is 4.39 Å². The van der Waals surface area contributed by atoms with Crippen molar-refractivity contribution < 1.29 is 13.9 Å². The van der Waals surface area contributed by atoms with E-state index < -0.39 is 5.41 Å². The van der Waals surface area contributed by atoms with E-state index in [-0.39, 0.29) is 11.7 Å². The number of hydrogen-bond donors (Lipinski definition) is 0. The predicted molar refractivity (Wildman–Crippen MR) is 105 cm³/mol. The molecular weight excluding hydrogens is 355 g/mol. The SMILES string of the molecule is O=C(N1CCCC(Cc2cccnc2)C1)C1(c2ccccc2F)CCOCC1. The Balaban J connectivity index is 1.56. The smallest absolute Gasteiger partial charge is 0.233 e. The Labute approximate surface area is 165 Å². The van der Waals surface area contributed by atoms with Crippen molar-refractivity contribution in [1.82, 2.24) is 9.88 Å². The number of carbonyl (C=O) groups excluding carboxylic acids is 1. The van der Waals surface area contributed by atoms with Crippen LogP contribution in [0.15, 0.2) is 48.8 Å². The highest BCUT2D eigenvalue weighted by Gasteiger charge is 2.46. The number of hydrogen-bond acceptors (Lipinski definition) is 3. The number of rotatable bonds is 4. The number of halogens is 1. The molecule has 2 aliphatic heterocycles. The van der Waals surface area contributed by atoms with Gasteiger partial charge in [0, 0.05) is 44.3 Å². The van der Waals surface area contributed by atoms with Crippen molar-refractivity contribution in [2.45, 2.75) is 37.5 Å². The van der Waals surface area contributed by atoms with Crippen molar-refractivity contribution in [1.29, 1.82) is 0 Å². The van der Waals surface area contributed by atoms with Gasteiger partial charge in [-0.05, 0) is 55.7 Å². The van der Waals surface area contributed by atoms with Crippen molar-refractivity contribution in [3.63, 3.8) is 0 Å². The summed E-state index contributed by atoms with van der Waals surface area (Å²) in [6.07, 6.45) is 7.78. The lowest BCUT2D eigenvalue weighted by atomic mass is 9.72. The molecule has 0 N–H and O–H groups in total. The zero-order valence-corrected chi connectivity index (χ0v) is 16.1. The quantitative estimate of drug-likeness (QED) is 0.809. The third-order valence-corrected chi connectivity index (χ3v) is 6.20. The molecule has 148 valence electrons. The molecule has 1 aromatic heterocycles. The van der Waals surface area contributed by atoms with Crippen molar-refractivity contribution in [3.05, 3.63) is 65.7 Å². The summed E-state index contributed by atoms with van der Waals surface area (Å²) in [6, 6.07) is 10.8. The number of piperidine rings is 1. The second-order valence-corrected chi connectivity index (χ2v) is 8.00. The van der Waals surface area contributed by atoms with Crippen molar-refractivity contribution >= 4 is 5.91 Å². The van der Waals surface area contributed by atoms with E-state index in [1.807, 2.05) is 23.2 Å². The Morgan fingerprint density at radius 1 is 1.21 bits per heavy atom. The lowest BCUT2D eigenvalue weighted by molar-refractivity contribution is -0.143. The van der Waals surface area contributed by atoms with E-state index in [1.165, 1.54) is 11.6 Å². The Bertz CT molecular complexity index is 805. The van der Waals surface area contributed by atoms with Gasteiger partial charge in [-0.3, -0.25) is 9.78 Å². The number of carbonyl (C=O) groups is 1. The maximum Gasteiger partial charge on any atom is 0.233 e. The summed E-state index contributed by atoms with van der Waals surface area (Å²) < 4.78 is 20.2. The van der Waals surface area contributed by atoms with Crippen LogP contribution in [-0.2, 0) is 21.4 Å². The van der Waals surface area contributed by atoms with Gasteiger partial charge in [-0.15, -0.1) is 0 Å². The zero-order valence-electron chi connectivity index (χ0n) is 16.1. The second kappa shape index (κ2) is 8.39. The first-order chi connectivity index (χ1) is 13.7. The molecule has 2 saturated heterocycles. The van der Waals surface area contributed by atoms with Crippen LogP contribution in [0.5, 0.6) is 0 Å². The monoisotopic (exact) mass is 382 g/mol. The predicted octanol–water partition coefficient (Wildman–Crippen LogP) is 3.75. The molecule has 1 aromatic carbocycles. The molecule has 0 saturated carbocycles. The number of ether oxygens (including phenoxy) is 1. The van der Waals surface area contributed by atoms with E-state index in [0.717, 1.165) is 32.4 Å². The molecule has 4 rings (SSSR count). The third-order valence-electron chi connectivity index (χ3n) is 6.20. The maximum atomic E-state index is 14.7. The summed E-state index contributed by atoms with van der Waals surface area (Å²) in [5.41, 5.74) is 0.925. The van der Waals surface area contributed by atoms with E-state index in [4.69, 9.17) is 4.74 Å². The van der Waals surface area contributed by atoms with Crippen molar-refractivity contribution in [2.24, 2.45) is 5.92 Å². The average Bonchev–Trinajstić information content (AvgIpc) is 2.75. The van der Waals surface area contributed by atoms with E-state index in [2.05, 4.69) is 11.1 Å². The summed E-state index contributed by atoms with van der Waals surface area (Å²) in [7, 11) is 0. The number of nitrogens with zero attached hydrogens (tertiary/aromatic N) is 2. The highest BCUT2D eigenvalue weighted by molar-refractivity contribution is 5.88. The Morgan fingerprint density at radius 3 is 2.79 bits per heavy atom. The number of benzene rings is 1. The molecule has 2 aliphatic rings. The summed E-state index contributed by atoms with van der Waals surface area (Å²) in [6.45, 7) is 2.46. The summed E-state index contributed by atoms with van der Waals surface area (Å²) in [5.74, 6) is 0.192. The minimum Gasteiger partial charge on any atom is -0.381 e. The molecule has 0 spiro atoms. The van der Waals surface area contributed by atoms with Gasteiger partial charge in [0.25, 0.3) is 0 Å². The largest absolute Gasteiger partial charge is 0.381 e. The molecule has 1 atom stereocenters. The normalized spacial score (nSPS) is 22.0. The molecule has 4 nitrogen and oxygen atoms in total. The second-order valence-electron chi connectivity index (χ2n) is 8.00. The van der Waals surface area contributed by atoms with Gasteiger partial charge < -0.3 is 9.64 Å². The van der Waals surface area contributed by atoms with Crippen LogP contribution < -0.4 is 0 Å². The molecule has 28 heavy (non-hydrogen) atoms. The summed E-state index contributed by atoms with van der Waals surface area (Å²) >= 11 is 0. The number of amides is 1. The van der Waals surface area contributed by atoms with E-state index in [1.54, 1.807) is 18.3 Å². The van der Waals surface area contributed by atoms with Gasteiger partial charge in [0.1, 0.15) is 5.82 Å². The van der Waals surface area contributed by atoms with E-state index >= 15 is 0 Å². The van der Waals surface area contributed by atoms with Gasteiger partial charge in [-0.25, -0.2) is 4.39 Å². The van der Waals surface area contributed by atoms with Crippen molar-refractivity contribution in [3.8, 4) is 0 Å². The highest BCUT2D eigenvalue weighted by atomic mass is 19.1. The zero-order chi connectivity index (χ0) is 19.4. The van der Waals surface area contributed by atoms with Crippen LogP contribution >= 0.6 is 0 Å². The molecule has 1 amide bonds. The Hall–Kier alpha value is -2.27. The van der Waals surface area contributed by atoms with E-state index in [0.29, 0.717) is 37.5 Å². The van der Waals surface area contributed by atoms with Crippen LogP contribution in [0, 0.1) is 11.7 Å². The summed E-state index contributed by atoms with van der Waals surface area (Å²) in [4.78, 5) is 19.9. The fourth-order valence-corrected chi connectivity index (χ4v) is 4.74. The standard InChI is InChI=1S/C23H27FN2O2/c24-21-8-2-1-7-20(21)23(9-13-28-14-10-23)22(27)26-12-4-6-19(17-26)15-18-5-3-11-25-16-18/h1-3,5,7-8,11,16,19H,4,6,9-10,12-15,17H2. The molecule has 0 aliphatic carbocycles. The van der Waals surface area contributed by atoms with Gasteiger partial charge in [0.15, 0.2) is 0 Å². The highest BCUT2D eigenvalue weighted by Crippen LogP contribution is 2.39. The number of aromatic nitrogens is 1. The van der Waals surface area contributed by atoms with Gasteiger partial charge in [-0.2, -0.15) is 0 Å². The van der Waals surface area contributed by atoms with Crippen LogP contribution in [-0.4, -0.2) is 42.1 Å². The minimum absolute atomic E-state index is 0.0665. The van der Waals surface area contributed by atoms with E-state index in [9.17, 15) is 9.18 Å². The first-order valence-electron chi connectivity index (χ1n) is 10.2. The van der Waals surface area contributed by atoms with Crippen LogP contribution in [0.1, 0.15) is 36.8 Å². The first-order valence-corrected chi connectivity index (χ1v) is 10.2. The Morgan fingerprint density at radius 2 is 2.04 bits per heavy atom. The molecule has 3 heterocycles. The molecule has 2 aromatic rings. The molecule has 1 unspecified atom stereocenters. The van der Waals surface area contributed by atoms with Gasteiger partial charge in [0.2, 0.25) is 5.91 Å². The molecule has 2 fully saturated rings. The molecular formula is C23H27FN2O2. The molecule has 5 heteroatoms. The van der Waals surface area contributed by atoms with Crippen LogP contribution in [0.2, 0.25) is 0 Å². The number of pyridine rings is 1. The first kappa shape index (κ1) is 19.1. The maximum absolute atomic E-state index is 14.7. The lowest BCUT2D eigenvalue weighted by Gasteiger charge is -2.43. The van der Waals surface area contributed by atoms with Crippen LogP contribution in [0.25, 0.3) is 0 Å². The minimum atomic E-state index is -0.806. The van der Waals surface area contributed by atoms with Gasteiger partial charge in [0.05, 0.1) is 5.41 Å². The van der Waals surface area contributed by atoms with Gasteiger partial charge >= 0.3 is 0 Å². The number of likely N-dealkylation sites (tertiary alicyclic amines) is 1. The van der Waals surface area contributed by atoms with Gasteiger partial charge in [-0.1, -0.05) is 24.3 Å². The van der Waals surface area contributed by atoms with Crippen LogP contribution in [0.3, 0.4) is 0 Å². The summed E-state index contributed by atoms with van der Waals surface area (Å²) in [5, 5.41) is 0. The fraction of sp³-hybridized carbons (Fsp3) is 0.478. The average molecular weight is 382 g/mol. The Kier molecular flexibility index (Phi) is 5.72. The third kappa shape index (κ3) is 3.81. The lowest BCUT2D eigenvalue weighted by Crippen LogP contribution is -2.53. The van der Waals surface area contributed by atoms with Crippen molar-refractivity contribution in [2.75, 3.05) is 26.3 Å². The molecule has 0 bridgehead atoms. The fourth-order valence-electron chi connectivity index (χ4n) is 4.74. The molecule has 0 radical (unpaired) electrons.